The number of nitrogens with zero attached hydrogens (tertiary/aromatic N) is 1. The van der Waals surface area contributed by atoms with Crippen molar-refractivity contribution < 1.29 is 28.4 Å². The van der Waals surface area contributed by atoms with Crippen LogP contribution in [0, 0.1) is 0 Å². The molecule has 0 bridgehead atoms. The second-order valence-corrected chi connectivity index (χ2v) is 20.8. The average Bonchev–Trinajstić information content (AvgIpc) is 3.98. The van der Waals surface area contributed by atoms with Crippen molar-refractivity contribution in [3.8, 4) is 23.0 Å². The lowest BCUT2D eigenvalue weighted by Gasteiger charge is -2.35. The van der Waals surface area contributed by atoms with Gasteiger partial charge in [-0.05, 0) is 88.6 Å². The van der Waals surface area contributed by atoms with Crippen LogP contribution in [0.2, 0.25) is 0 Å². The maximum atomic E-state index is 7.67. The predicted molar refractivity (Wildman–Crippen MR) is 266 cm³/mol. The minimum atomic E-state index is -1.15. The molecule has 0 radical (unpaired) electrons. The van der Waals surface area contributed by atoms with Gasteiger partial charge in [0.15, 0.2) is 23.0 Å². The van der Waals surface area contributed by atoms with Crippen molar-refractivity contribution in [2.24, 2.45) is 0 Å². The van der Waals surface area contributed by atoms with Crippen molar-refractivity contribution in [2.75, 3.05) is 20.8 Å². The zero-order valence-electron chi connectivity index (χ0n) is 36.8. The molecule has 0 aliphatic carbocycles. The number of ether oxygens (including phenoxy) is 6. The van der Waals surface area contributed by atoms with Gasteiger partial charge in [-0.15, -0.1) is 0 Å². The summed E-state index contributed by atoms with van der Waals surface area (Å²) < 4.78 is 42.0. The highest BCUT2D eigenvalue weighted by Crippen LogP contribution is 2.57. The van der Waals surface area contributed by atoms with E-state index in [0.717, 1.165) is 38.4 Å². The van der Waals surface area contributed by atoms with E-state index < -0.39 is 28.3 Å². The van der Waals surface area contributed by atoms with Crippen LogP contribution in [0.15, 0.2) is 200 Å². The summed E-state index contributed by atoms with van der Waals surface area (Å²) in [5.74, 6) is 2.57. The molecule has 8 aromatic carbocycles. The Bertz CT molecular complexity index is 2850. The van der Waals surface area contributed by atoms with Crippen LogP contribution in [0.4, 0.5) is 0 Å². The monoisotopic (exact) mass is 905 g/mol. The third-order valence-electron chi connectivity index (χ3n) is 12.7. The van der Waals surface area contributed by atoms with Gasteiger partial charge in [-0.3, -0.25) is 0 Å². The molecule has 3 aliphatic heterocycles. The summed E-state index contributed by atoms with van der Waals surface area (Å²) in [5, 5.41) is 7.09. The Balaban J connectivity index is 1.22. The normalized spacial score (nSPS) is 18.9. The second-order valence-electron chi connectivity index (χ2n) is 16.4. The number of hydrogen-bond donors (Lipinski definition) is 0. The van der Waals surface area contributed by atoms with Gasteiger partial charge in [0, 0.05) is 0 Å². The Morgan fingerprint density at radius 1 is 0.455 bits per heavy atom. The van der Waals surface area contributed by atoms with Gasteiger partial charge in [0.25, 0.3) is 0 Å². The summed E-state index contributed by atoms with van der Waals surface area (Å²) in [6, 6.07) is 70.5. The van der Waals surface area contributed by atoms with E-state index in [2.05, 4.69) is 205 Å². The molecule has 0 spiro atoms. The largest absolute Gasteiger partial charge is 0.493 e. The molecule has 11 rings (SSSR count). The molecule has 2 saturated heterocycles. The van der Waals surface area contributed by atoms with Crippen LogP contribution in [-0.2, 0) is 22.7 Å². The summed E-state index contributed by atoms with van der Waals surface area (Å²) >= 11 is 0. The van der Waals surface area contributed by atoms with Gasteiger partial charge < -0.3 is 28.4 Å². The van der Waals surface area contributed by atoms with E-state index in [1.165, 1.54) is 21.2 Å². The standard InChI is InChI=1S/C57H49NO6P2/c1-59-47-32-34-49(65(42-24-10-4-11-25-42)43-26-12-5-13-27-43)51-54(47)61-36-40-22-18-19-23-41(40)37-62-55-48(60-2)33-35-50(66(44-28-14-6-15-29-44)45-30-16-7-17-31-45)52(55)57-58-46(38-63-56(51)58)53(64-57)39-20-8-3-9-21-39/h3-35,46,53,56-57H,36-38H2,1-2H3/t46-,53+,56-,57+/m0/s1. The number of fused-ring (bicyclic) bond motifs is 5. The molecule has 9 heteroatoms. The van der Waals surface area contributed by atoms with E-state index in [9.17, 15) is 0 Å². The molecule has 328 valence electrons. The first kappa shape index (κ1) is 42.3. The molecule has 8 aromatic rings. The third kappa shape index (κ3) is 7.85. The van der Waals surface area contributed by atoms with Crippen LogP contribution in [0.1, 0.15) is 46.4 Å². The third-order valence-corrected chi connectivity index (χ3v) is 17.7. The maximum Gasteiger partial charge on any atom is 0.169 e. The first-order valence-electron chi connectivity index (χ1n) is 22.3. The van der Waals surface area contributed by atoms with Gasteiger partial charge in [0.1, 0.15) is 31.8 Å². The molecule has 0 amide bonds. The number of hydrogen-bond acceptors (Lipinski definition) is 7. The van der Waals surface area contributed by atoms with Gasteiger partial charge in [-0.25, -0.2) is 4.90 Å². The van der Waals surface area contributed by atoms with E-state index >= 15 is 0 Å². The van der Waals surface area contributed by atoms with Crippen molar-refractivity contribution in [3.05, 3.63) is 228 Å². The van der Waals surface area contributed by atoms with Gasteiger partial charge in [0.2, 0.25) is 0 Å². The lowest BCUT2D eigenvalue weighted by Crippen LogP contribution is -2.36. The SMILES string of the molecule is COc1ccc(P(c2ccccc2)c2ccccc2)c2c1OCc1ccccc1COc1c(OC)ccc(P(c3ccccc3)c3ccccc3)c1[C@@H]1OC[C@H]3[C@@H](c4ccccc4)O[C@H]2N13. The smallest absolute Gasteiger partial charge is 0.169 e. The Kier molecular flexibility index (Phi) is 12.1. The molecule has 4 atom stereocenters. The summed E-state index contributed by atoms with van der Waals surface area (Å²) in [5.41, 5.74) is 4.93. The van der Waals surface area contributed by atoms with Gasteiger partial charge in [0.05, 0.1) is 38.0 Å². The predicted octanol–water partition coefficient (Wildman–Crippen LogP) is 9.86. The van der Waals surface area contributed by atoms with Crippen molar-refractivity contribution in [3.63, 3.8) is 0 Å². The molecule has 3 heterocycles. The van der Waals surface area contributed by atoms with Crippen LogP contribution >= 0.6 is 15.8 Å². The first-order chi connectivity index (χ1) is 32.7. The Morgan fingerprint density at radius 2 is 0.848 bits per heavy atom. The zero-order chi connectivity index (χ0) is 44.4. The summed E-state index contributed by atoms with van der Waals surface area (Å²) in [6.45, 7) is 0.966. The van der Waals surface area contributed by atoms with Gasteiger partial charge in [-0.2, -0.15) is 0 Å². The van der Waals surface area contributed by atoms with Crippen molar-refractivity contribution in [1.82, 2.24) is 4.90 Å². The highest BCUT2D eigenvalue weighted by atomic mass is 31.1. The molecular formula is C57H49NO6P2. The van der Waals surface area contributed by atoms with Crippen LogP contribution in [0.3, 0.4) is 0 Å². The highest BCUT2D eigenvalue weighted by Gasteiger charge is 2.55. The van der Waals surface area contributed by atoms with Crippen LogP contribution < -0.4 is 50.8 Å². The van der Waals surface area contributed by atoms with E-state index in [0.29, 0.717) is 29.6 Å². The molecular weight excluding hydrogens is 857 g/mol. The molecule has 7 nitrogen and oxygen atoms in total. The summed E-state index contributed by atoms with van der Waals surface area (Å²) in [6.07, 6.45) is -1.63. The number of benzene rings is 8. The van der Waals surface area contributed by atoms with E-state index in [-0.39, 0.29) is 25.4 Å². The Morgan fingerprint density at radius 3 is 1.27 bits per heavy atom. The molecule has 0 saturated carbocycles. The van der Waals surface area contributed by atoms with Crippen molar-refractivity contribution >= 4 is 47.7 Å². The van der Waals surface area contributed by atoms with Crippen molar-refractivity contribution in [2.45, 2.75) is 37.8 Å². The molecule has 2 fully saturated rings. The minimum Gasteiger partial charge on any atom is -0.493 e. The molecule has 3 aliphatic rings. The fourth-order valence-corrected chi connectivity index (χ4v) is 14.6. The summed E-state index contributed by atoms with van der Waals surface area (Å²) in [7, 11) is 1.16. The summed E-state index contributed by atoms with van der Waals surface area (Å²) in [4.78, 5) is 2.45. The Hall–Kier alpha value is -6.30. The lowest BCUT2D eigenvalue weighted by atomic mass is 10.0. The average molecular weight is 906 g/mol. The lowest BCUT2D eigenvalue weighted by molar-refractivity contribution is -0.0775. The Labute approximate surface area is 389 Å². The van der Waals surface area contributed by atoms with Crippen LogP contribution in [-0.4, -0.2) is 31.8 Å². The molecule has 0 N–H and O–H groups in total. The quantitative estimate of drug-likeness (QED) is 0.134. The van der Waals surface area contributed by atoms with Gasteiger partial charge in [-0.1, -0.05) is 176 Å². The van der Waals surface area contributed by atoms with Crippen molar-refractivity contribution in [1.29, 1.82) is 0 Å². The maximum absolute atomic E-state index is 7.67. The molecule has 0 aromatic heterocycles. The van der Waals surface area contributed by atoms with E-state index in [1.807, 2.05) is 0 Å². The zero-order valence-corrected chi connectivity index (χ0v) is 38.6. The fraction of sp³-hybridized carbons (Fsp3) is 0.158. The van der Waals surface area contributed by atoms with E-state index in [4.69, 9.17) is 28.4 Å². The van der Waals surface area contributed by atoms with Crippen LogP contribution in [0.25, 0.3) is 0 Å². The number of methoxy groups -OCH3 is 2. The topological polar surface area (TPSA) is 58.6 Å². The highest BCUT2D eigenvalue weighted by molar-refractivity contribution is 7.80. The fourth-order valence-electron chi connectivity index (χ4n) is 9.70. The molecule has 66 heavy (non-hydrogen) atoms. The minimum absolute atomic E-state index is 0.192. The first-order valence-corrected chi connectivity index (χ1v) is 25.0. The second kappa shape index (κ2) is 18.9. The number of rotatable bonds is 9. The molecule has 0 unspecified atom stereocenters. The van der Waals surface area contributed by atoms with E-state index in [1.54, 1.807) is 14.2 Å². The van der Waals surface area contributed by atoms with Gasteiger partial charge >= 0.3 is 0 Å². The van der Waals surface area contributed by atoms with Crippen LogP contribution in [0.5, 0.6) is 23.0 Å².